The molecule has 0 spiro atoms. The highest BCUT2D eigenvalue weighted by molar-refractivity contribution is 5.10. The standard InChI is InChI=1S/C15H27N3O/c1-17-15(12-16)7-3-6-14(9-15)18(2)10-13-5-4-8-19-11-13/h13-14,17H,3-11H2,1-2H3. The third-order valence-electron chi connectivity index (χ3n) is 4.84. The molecule has 2 fully saturated rings. The first-order valence-corrected chi connectivity index (χ1v) is 7.57. The summed E-state index contributed by atoms with van der Waals surface area (Å²) in [5.74, 6) is 0.673. The molecule has 4 nitrogen and oxygen atoms in total. The van der Waals surface area contributed by atoms with Crippen molar-refractivity contribution in [3.63, 3.8) is 0 Å². The van der Waals surface area contributed by atoms with Crippen LogP contribution in [-0.2, 0) is 4.74 Å². The van der Waals surface area contributed by atoms with Gasteiger partial charge in [-0.15, -0.1) is 0 Å². The predicted octanol–water partition coefficient (Wildman–Crippen LogP) is 1.77. The van der Waals surface area contributed by atoms with E-state index in [2.05, 4.69) is 23.3 Å². The summed E-state index contributed by atoms with van der Waals surface area (Å²) in [5, 5.41) is 12.7. The van der Waals surface area contributed by atoms with Crippen LogP contribution in [0.25, 0.3) is 0 Å². The molecule has 108 valence electrons. The fourth-order valence-electron chi connectivity index (χ4n) is 3.51. The molecule has 0 radical (unpaired) electrons. The molecule has 0 aromatic carbocycles. The minimum Gasteiger partial charge on any atom is -0.381 e. The van der Waals surface area contributed by atoms with Crippen LogP contribution in [0.5, 0.6) is 0 Å². The van der Waals surface area contributed by atoms with Crippen LogP contribution in [-0.4, -0.2) is 50.3 Å². The number of nitrogens with zero attached hydrogens (tertiary/aromatic N) is 2. The van der Waals surface area contributed by atoms with Crippen molar-refractivity contribution in [1.29, 1.82) is 5.26 Å². The van der Waals surface area contributed by atoms with Crippen LogP contribution in [0.2, 0.25) is 0 Å². The average Bonchev–Trinajstić information content (AvgIpc) is 2.48. The Hall–Kier alpha value is -0.630. The van der Waals surface area contributed by atoms with Crippen LogP contribution in [0.3, 0.4) is 0 Å². The summed E-state index contributed by atoms with van der Waals surface area (Å²) in [4.78, 5) is 2.46. The molecule has 2 aliphatic rings. The normalized spacial score (nSPS) is 36.1. The van der Waals surface area contributed by atoms with E-state index in [9.17, 15) is 5.26 Å². The second-order valence-corrected chi connectivity index (χ2v) is 6.22. The van der Waals surface area contributed by atoms with Crippen molar-refractivity contribution >= 4 is 0 Å². The van der Waals surface area contributed by atoms with Crippen molar-refractivity contribution in [2.45, 2.75) is 50.1 Å². The second-order valence-electron chi connectivity index (χ2n) is 6.22. The Kier molecular flexibility index (Phi) is 5.20. The van der Waals surface area contributed by atoms with E-state index in [-0.39, 0.29) is 5.54 Å². The maximum Gasteiger partial charge on any atom is 0.108 e. The van der Waals surface area contributed by atoms with E-state index in [0.717, 1.165) is 39.0 Å². The lowest BCUT2D eigenvalue weighted by Gasteiger charge is -2.41. The van der Waals surface area contributed by atoms with E-state index in [4.69, 9.17) is 4.74 Å². The number of nitriles is 1. The molecule has 19 heavy (non-hydrogen) atoms. The maximum absolute atomic E-state index is 9.41. The van der Waals surface area contributed by atoms with Crippen molar-refractivity contribution in [2.24, 2.45) is 5.92 Å². The van der Waals surface area contributed by atoms with E-state index in [1.165, 1.54) is 19.3 Å². The molecule has 1 saturated carbocycles. The molecule has 0 aromatic heterocycles. The molecule has 0 aromatic rings. The third kappa shape index (κ3) is 3.68. The highest BCUT2D eigenvalue weighted by Crippen LogP contribution is 2.31. The van der Waals surface area contributed by atoms with Gasteiger partial charge in [-0.3, -0.25) is 0 Å². The molecule has 3 atom stereocenters. The number of rotatable bonds is 4. The van der Waals surface area contributed by atoms with Crippen LogP contribution in [0, 0.1) is 17.2 Å². The lowest BCUT2D eigenvalue weighted by Crippen LogP contribution is -2.51. The predicted molar refractivity (Wildman–Crippen MR) is 75.8 cm³/mol. The summed E-state index contributed by atoms with van der Waals surface area (Å²) in [6, 6.07) is 3.02. The number of hydrogen-bond donors (Lipinski definition) is 1. The molecule has 0 bridgehead atoms. The topological polar surface area (TPSA) is 48.3 Å². The van der Waals surface area contributed by atoms with E-state index in [0.29, 0.717) is 12.0 Å². The van der Waals surface area contributed by atoms with Gasteiger partial charge >= 0.3 is 0 Å². The Morgan fingerprint density at radius 1 is 1.42 bits per heavy atom. The molecule has 1 N–H and O–H groups in total. The van der Waals surface area contributed by atoms with Gasteiger partial charge in [0.05, 0.1) is 12.7 Å². The summed E-state index contributed by atoms with van der Waals surface area (Å²) < 4.78 is 5.56. The fourth-order valence-corrected chi connectivity index (χ4v) is 3.51. The minimum absolute atomic E-state index is 0.305. The second kappa shape index (κ2) is 6.69. The highest BCUT2D eigenvalue weighted by Gasteiger charge is 2.37. The first-order chi connectivity index (χ1) is 9.19. The lowest BCUT2D eigenvalue weighted by molar-refractivity contribution is 0.0301. The van der Waals surface area contributed by atoms with Gasteiger partial charge in [0.15, 0.2) is 0 Å². The first kappa shape index (κ1) is 14.8. The smallest absolute Gasteiger partial charge is 0.108 e. The van der Waals surface area contributed by atoms with Gasteiger partial charge in [0.2, 0.25) is 0 Å². The Bertz CT molecular complexity index is 322. The van der Waals surface area contributed by atoms with Gasteiger partial charge in [-0.2, -0.15) is 5.26 Å². The quantitative estimate of drug-likeness (QED) is 0.841. The Morgan fingerprint density at radius 2 is 2.26 bits per heavy atom. The summed E-state index contributed by atoms with van der Waals surface area (Å²) in [6.07, 6.45) is 6.77. The van der Waals surface area contributed by atoms with E-state index >= 15 is 0 Å². The van der Waals surface area contributed by atoms with E-state index < -0.39 is 0 Å². The van der Waals surface area contributed by atoms with Crippen LogP contribution >= 0.6 is 0 Å². The largest absolute Gasteiger partial charge is 0.381 e. The highest BCUT2D eigenvalue weighted by atomic mass is 16.5. The average molecular weight is 265 g/mol. The van der Waals surface area contributed by atoms with Crippen LogP contribution in [0.1, 0.15) is 38.5 Å². The van der Waals surface area contributed by atoms with Gasteiger partial charge in [-0.05, 0) is 58.5 Å². The Labute approximate surface area is 117 Å². The van der Waals surface area contributed by atoms with Gasteiger partial charge in [0.1, 0.15) is 5.54 Å². The molecule has 2 rings (SSSR count). The van der Waals surface area contributed by atoms with Gasteiger partial charge in [0.25, 0.3) is 0 Å². The molecule has 1 heterocycles. The zero-order chi connectivity index (χ0) is 13.7. The van der Waals surface area contributed by atoms with E-state index in [1.807, 2.05) is 7.05 Å². The number of ether oxygens (including phenoxy) is 1. The zero-order valence-corrected chi connectivity index (χ0v) is 12.3. The fraction of sp³-hybridized carbons (Fsp3) is 0.933. The number of hydrogen-bond acceptors (Lipinski definition) is 4. The molecular formula is C15H27N3O. The molecule has 1 saturated heterocycles. The van der Waals surface area contributed by atoms with Crippen molar-refractivity contribution in [3.8, 4) is 6.07 Å². The summed E-state index contributed by atoms with van der Waals surface area (Å²) in [6.45, 7) is 2.95. The Morgan fingerprint density at radius 3 is 2.89 bits per heavy atom. The maximum atomic E-state index is 9.41. The third-order valence-corrected chi connectivity index (χ3v) is 4.84. The van der Waals surface area contributed by atoms with Crippen molar-refractivity contribution in [2.75, 3.05) is 33.9 Å². The first-order valence-electron chi connectivity index (χ1n) is 7.57. The SMILES string of the molecule is CNC1(C#N)CCCC(N(C)CC2CCCOC2)C1. The van der Waals surface area contributed by atoms with Gasteiger partial charge in [-0.1, -0.05) is 0 Å². The van der Waals surface area contributed by atoms with Crippen LogP contribution in [0.15, 0.2) is 0 Å². The zero-order valence-electron chi connectivity index (χ0n) is 12.3. The van der Waals surface area contributed by atoms with Crippen molar-refractivity contribution in [1.82, 2.24) is 10.2 Å². The monoisotopic (exact) mass is 265 g/mol. The summed E-state index contributed by atoms with van der Waals surface area (Å²) in [5.41, 5.74) is -0.305. The molecule has 1 aliphatic carbocycles. The van der Waals surface area contributed by atoms with Gasteiger partial charge in [-0.25, -0.2) is 0 Å². The Balaban J connectivity index is 1.87. The van der Waals surface area contributed by atoms with Crippen LogP contribution < -0.4 is 5.32 Å². The number of nitrogens with one attached hydrogen (secondary N) is 1. The van der Waals surface area contributed by atoms with Crippen molar-refractivity contribution in [3.05, 3.63) is 0 Å². The molecule has 4 heteroatoms. The summed E-state index contributed by atoms with van der Waals surface area (Å²) in [7, 11) is 4.13. The van der Waals surface area contributed by atoms with Crippen molar-refractivity contribution < 1.29 is 4.74 Å². The molecular weight excluding hydrogens is 238 g/mol. The lowest BCUT2D eigenvalue weighted by atomic mass is 9.79. The molecule has 0 amide bonds. The van der Waals surface area contributed by atoms with Gasteiger partial charge < -0.3 is 15.0 Å². The minimum atomic E-state index is -0.305. The summed E-state index contributed by atoms with van der Waals surface area (Å²) >= 11 is 0. The van der Waals surface area contributed by atoms with Gasteiger partial charge in [0, 0.05) is 19.2 Å². The van der Waals surface area contributed by atoms with Crippen LogP contribution in [0.4, 0.5) is 0 Å². The molecule has 3 unspecified atom stereocenters. The van der Waals surface area contributed by atoms with E-state index in [1.54, 1.807) is 0 Å². The molecule has 1 aliphatic heterocycles.